The number of hydrogen-bond donors (Lipinski definition) is 1. The first-order chi connectivity index (χ1) is 8.23. The van der Waals surface area contributed by atoms with Crippen molar-refractivity contribution in [2.45, 2.75) is 39.2 Å². The van der Waals surface area contributed by atoms with Gasteiger partial charge in [-0.2, -0.15) is 0 Å². The molecule has 0 saturated heterocycles. The first kappa shape index (κ1) is 15.3. The molecule has 18 heavy (non-hydrogen) atoms. The first-order valence-electron chi connectivity index (χ1n) is 5.97. The van der Waals surface area contributed by atoms with Gasteiger partial charge >= 0.3 is 0 Å². The van der Waals surface area contributed by atoms with E-state index in [1.165, 1.54) is 5.56 Å². The molecule has 0 amide bonds. The molecule has 1 rings (SSSR count). The quantitative estimate of drug-likeness (QED) is 0.919. The van der Waals surface area contributed by atoms with Gasteiger partial charge in [-0.05, 0) is 52.9 Å². The van der Waals surface area contributed by atoms with Crippen LogP contribution in [0.3, 0.4) is 0 Å². The summed E-state index contributed by atoms with van der Waals surface area (Å²) >= 11 is 3.62. The van der Waals surface area contributed by atoms with Crippen LogP contribution in [0.2, 0.25) is 0 Å². The summed E-state index contributed by atoms with van der Waals surface area (Å²) in [6.07, 6.45) is 0. The van der Waals surface area contributed by atoms with Gasteiger partial charge in [0.05, 0.1) is 18.7 Å². The summed E-state index contributed by atoms with van der Waals surface area (Å²) in [4.78, 5) is 0. The number of halogens is 1. The topological polar surface area (TPSA) is 44.5 Å². The summed E-state index contributed by atoms with van der Waals surface area (Å²) in [5, 5.41) is 0. The maximum absolute atomic E-state index is 6.26. The molecule has 0 atom stereocenters. The van der Waals surface area contributed by atoms with Gasteiger partial charge in [-0.1, -0.05) is 13.8 Å². The Kier molecular flexibility index (Phi) is 4.67. The number of methoxy groups -OCH3 is 2. The molecule has 2 N–H and O–H groups in total. The van der Waals surface area contributed by atoms with E-state index in [0.29, 0.717) is 17.4 Å². The molecule has 0 aromatic heterocycles. The Balaban J connectivity index is 3.66. The Labute approximate surface area is 118 Å². The standard InChI is InChI=1S/C14H22BrNO2/c1-8(2)11-9(14(3,4)16)7-10(17-5)13(18-6)12(11)15/h7-8H,16H2,1-6H3. The molecule has 0 bridgehead atoms. The number of rotatable bonds is 4. The molecule has 3 nitrogen and oxygen atoms in total. The first-order valence-corrected chi connectivity index (χ1v) is 6.77. The largest absolute Gasteiger partial charge is 0.493 e. The van der Waals surface area contributed by atoms with Crippen LogP contribution < -0.4 is 15.2 Å². The SMILES string of the molecule is COc1cc(C(C)(C)N)c(C(C)C)c(Br)c1OC. The minimum Gasteiger partial charge on any atom is -0.493 e. The molecule has 0 aliphatic rings. The van der Waals surface area contributed by atoms with Crippen LogP contribution in [0, 0.1) is 0 Å². The number of hydrogen-bond acceptors (Lipinski definition) is 3. The molecule has 4 heteroatoms. The van der Waals surface area contributed by atoms with E-state index in [2.05, 4.69) is 29.8 Å². The molecule has 0 unspecified atom stereocenters. The van der Waals surface area contributed by atoms with Crippen molar-refractivity contribution in [3.8, 4) is 11.5 Å². The van der Waals surface area contributed by atoms with Gasteiger partial charge in [0, 0.05) is 5.54 Å². The van der Waals surface area contributed by atoms with Crippen molar-refractivity contribution in [1.82, 2.24) is 0 Å². The summed E-state index contributed by atoms with van der Waals surface area (Å²) in [5.74, 6) is 1.76. The van der Waals surface area contributed by atoms with Crippen LogP contribution in [-0.4, -0.2) is 14.2 Å². The third kappa shape index (κ3) is 2.81. The van der Waals surface area contributed by atoms with E-state index < -0.39 is 5.54 Å². The van der Waals surface area contributed by atoms with E-state index in [-0.39, 0.29) is 0 Å². The lowest BCUT2D eigenvalue weighted by atomic mass is 9.86. The zero-order valence-electron chi connectivity index (χ0n) is 11.9. The fourth-order valence-electron chi connectivity index (χ4n) is 2.06. The monoisotopic (exact) mass is 315 g/mol. The average Bonchev–Trinajstić information content (AvgIpc) is 2.25. The van der Waals surface area contributed by atoms with Crippen LogP contribution >= 0.6 is 15.9 Å². The van der Waals surface area contributed by atoms with E-state index in [0.717, 1.165) is 10.0 Å². The van der Waals surface area contributed by atoms with E-state index in [1.54, 1.807) is 14.2 Å². The molecule has 0 fully saturated rings. The minimum absolute atomic E-state index is 0.344. The number of nitrogens with two attached hydrogens (primary N) is 1. The van der Waals surface area contributed by atoms with E-state index >= 15 is 0 Å². The Hall–Kier alpha value is -0.740. The van der Waals surface area contributed by atoms with Crippen molar-refractivity contribution < 1.29 is 9.47 Å². The molecule has 0 aliphatic carbocycles. The van der Waals surface area contributed by atoms with Crippen molar-refractivity contribution in [2.75, 3.05) is 14.2 Å². The third-order valence-corrected chi connectivity index (χ3v) is 3.71. The molecule has 102 valence electrons. The van der Waals surface area contributed by atoms with E-state index in [9.17, 15) is 0 Å². The van der Waals surface area contributed by atoms with Crippen LogP contribution in [-0.2, 0) is 5.54 Å². The fourth-order valence-corrected chi connectivity index (χ4v) is 3.09. The van der Waals surface area contributed by atoms with Gasteiger partial charge < -0.3 is 15.2 Å². The minimum atomic E-state index is -0.429. The molecule has 0 aliphatic heterocycles. The van der Waals surface area contributed by atoms with Gasteiger partial charge in [0.15, 0.2) is 11.5 Å². The van der Waals surface area contributed by atoms with Gasteiger partial charge in [-0.15, -0.1) is 0 Å². The van der Waals surface area contributed by atoms with E-state index in [4.69, 9.17) is 15.2 Å². The molecule has 0 saturated carbocycles. The smallest absolute Gasteiger partial charge is 0.175 e. The van der Waals surface area contributed by atoms with E-state index in [1.807, 2.05) is 19.9 Å². The van der Waals surface area contributed by atoms with Crippen molar-refractivity contribution in [2.24, 2.45) is 5.73 Å². The Morgan fingerprint density at radius 3 is 2.11 bits per heavy atom. The molecule has 0 radical (unpaired) electrons. The highest BCUT2D eigenvalue weighted by Gasteiger charge is 2.26. The summed E-state index contributed by atoms with van der Waals surface area (Å²) < 4.78 is 11.7. The Morgan fingerprint density at radius 1 is 1.22 bits per heavy atom. The molecule has 0 heterocycles. The zero-order valence-corrected chi connectivity index (χ0v) is 13.5. The van der Waals surface area contributed by atoms with Crippen LogP contribution in [0.25, 0.3) is 0 Å². The van der Waals surface area contributed by atoms with Gasteiger partial charge in [-0.3, -0.25) is 0 Å². The van der Waals surface area contributed by atoms with Crippen LogP contribution in [0.5, 0.6) is 11.5 Å². The van der Waals surface area contributed by atoms with Crippen molar-refractivity contribution >= 4 is 15.9 Å². The van der Waals surface area contributed by atoms with Crippen molar-refractivity contribution in [3.05, 3.63) is 21.7 Å². The van der Waals surface area contributed by atoms with Crippen molar-refractivity contribution in [1.29, 1.82) is 0 Å². The highest BCUT2D eigenvalue weighted by atomic mass is 79.9. The maximum Gasteiger partial charge on any atom is 0.175 e. The second kappa shape index (κ2) is 5.49. The van der Waals surface area contributed by atoms with Crippen molar-refractivity contribution in [3.63, 3.8) is 0 Å². The van der Waals surface area contributed by atoms with Crippen LogP contribution in [0.15, 0.2) is 10.5 Å². The lowest BCUT2D eigenvalue weighted by Crippen LogP contribution is -2.30. The lowest BCUT2D eigenvalue weighted by molar-refractivity contribution is 0.350. The summed E-state index contributed by atoms with van der Waals surface area (Å²) in [7, 11) is 3.27. The molecule has 1 aromatic carbocycles. The molecule has 1 aromatic rings. The van der Waals surface area contributed by atoms with Gasteiger partial charge in [0.1, 0.15) is 0 Å². The second-order valence-electron chi connectivity index (χ2n) is 5.26. The predicted octanol–water partition coefficient (Wildman–Crippen LogP) is 3.78. The number of benzene rings is 1. The van der Waals surface area contributed by atoms with Gasteiger partial charge in [-0.25, -0.2) is 0 Å². The van der Waals surface area contributed by atoms with Gasteiger partial charge in [0.25, 0.3) is 0 Å². The fraction of sp³-hybridized carbons (Fsp3) is 0.571. The normalized spacial score (nSPS) is 11.8. The highest BCUT2D eigenvalue weighted by Crippen LogP contribution is 2.44. The molecular weight excluding hydrogens is 294 g/mol. The summed E-state index contributed by atoms with van der Waals surface area (Å²) in [5.41, 5.74) is 8.07. The van der Waals surface area contributed by atoms with Crippen LogP contribution in [0.1, 0.15) is 44.7 Å². The predicted molar refractivity (Wildman–Crippen MR) is 78.5 cm³/mol. The highest BCUT2D eigenvalue weighted by molar-refractivity contribution is 9.10. The second-order valence-corrected chi connectivity index (χ2v) is 6.06. The average molecular weight is 316 g/mol. The Morgan fingerprint density at radius 2 is 1.78 bits per heavy atom. The zero-order chi connectivity index (χ0) is 14.1. The maximum atomic E-state index is 6.26. The molecular formula is C14H22BrNO2. The van der Waals surface area contributed by atoms with Gasteiger partial charge in [0.2, 0.25) is 0 Å². The lowest BCUT2D eigenvalue weighted by Gasteiger charge is -2.27. The third-order valence-electron chi connectivity index (χ3n) is 2.92. The Bertz CT molecular complexity index is 436. The summed E-state index contributed by atoms with van der Waals surface area (Å²) in [6, 6.07) is 1.97. The van der Waals surface area contributed by atoms with Crippen LogP contribution in [0.4, 0.5) is 0 Å². The number of ether oxygens (including phenoxy) is 2. The summed E-state index contributed by atoms with van der Waals surface area (Å²) in [6.45, 7) is 8.27. The molecule has 0 spiro atoms.